The highest BCUT2D eigenvalue weighted by Gasteiger charge is 2.36. The summed E-state index contributed by atoms with van der Waals surface area (Å²) in [7, 11) is 3.36. The summed E-state index contributed by atoms with van der Waals surface area (Å²) in [5.74, 6) is 0.592. The average Bonchev–Trinajstić information content (AvgIpc) is 2.73. The molecule has 1 unspecified atom stereocenters. The number of nitrogens with zero attached hydrogens (tertiary/aromatic N) is 2. The molecule has 1 fully saturated rings. The fraction of sp³-hybridized carbons (Fsp3) is 0.875. The molecule has 1 heterocycles. The second-order valence-corrected chi connectivity index (χ2v) is 7.88. The van der Waals surface area contributed by atoms with Crippen LogP contribution in [0.4, 0.5) is 4.79 Å². The Morgan fingerprint density at radius 2 is 1.76 bits per heavy atom. The number of carbonyl (C=O) groups excluding carboxylic acids is 2. The predicted octanol–water partition coefficient (Wildman–Crippen LogP) is 2.75. The van der Waals surface area contributed by atoms with Crippen LogP contribution in [0.1, 0.15) is 47.5 Å². The van der Waals surface area contributed by atoms with E-state index in [0.29, 0.717) is 5.92 Å². The van der Waals surface area contributed by atoms with Crippen LogP contribution in [0.25, 0.3) is 0 Å². The third-order valence-electron chi connectivity index (χ3n) is 3.72. The molecule has 0 radical (unpaired) electrons. The van der Waals surface area contributed by atoms with Crippen molar-refractivity contribution in [1.82, 2.24) is 9.80 Å². The molecule has 0 N–H and O–H groups in total. The van der Waals surface area contributed by atoms with Crippen LogP contribution in [0.3, 0.4) is 0 Å². The van der Waals surface area contributed by atoms with Gasteiger partial charge in [-0.2, -0.15) is 0 Å². The van der Waals surface area contributed by atoms with Gasteiger partial charge in [0.25, 0.3) is 0 Å². The van der Waals surface area contributed by atoms with Gasteiger partial charge in [0.15, 0.2) is 0 Å². The van der Waals surface area contributed by atoms with E-state index in [9.17, 15) is 9.59 Å². The van der Waals surface area contributed by atoms with Crippen molar-refractivity contribution in [2.45, 2.75) is 53.1 Å². The largest absolute Gasteiger partial charge is 0.443 e. The maximum atomic E-state index is 12.3. The molecule has 21 heavy (non-hydrogen) atoms. The smallest absolute Gasteiger partial charge is 0.409 e. The Labute approximate surface area is 128 Å². The molecule has 0 aromatic carbocycles. The van der Waals surface area contributed by atoms with Gasteiger partial charge in [-0.3, -0.25) is 4.79 Å². The third-order valence-corrected chi connectivity index (χ3v) is 3.72. The lowest BCUT2D eigenvalue weighted by molar-refractivity contribution is -0.138. The first-order chi connectivity index (χ1) is 9.42. The van der Waals surface area contributed by atoms with Gasteiger partial charge in [0.05, 0.1) is 0 Å². The number of ether oxygens (including phenoxy) is 1. The monoisotopic (exact) mass is 298 g/mol. The summed E-state index contributed by atoms with van der Waals surface area (Å²) >= 11 is 0. The summed E-state index contributed by atoms with van der Waals surface area (Å²) in [5.41, 5.74) is -0.839. The van der Waals surface area contributed by atoms with Gasteiger partial charge in [0.1, 0.15) is 5.60 Å². The van der Waals surface area contributed by atoms with Gasteiger partial charge >= 0.3 is 6.09 Å². The number of hydrogen-bond acceptors (Lipinski definition) is 3. The van der Waals surface area contributed by atoms with Gasteiger partial charge in [-0.15, -0.1) is 0 Å². The van der Waals surface area contributed by atoms with Crippen LogP contribution in [-0.4, -0.2) is 54.6 Å². The summed E-state index contributed by atoms with van der Waals surface area (Å²) in [6, 6.07) is 0. The zero-order chi connectivity index (χ0) is 16.4. The average molecular weight is 298 g/mol. The molecule has 0 saturated carbocycles. The molecule has 122 valence electrons. The van der Waals surface area contributed by atoms with Crippen molar-refractivity contribution in [1.29, 1.82) is 0 Å². The number of rotatable bonds is 3. The van der Waals surface area contributed by atoms with E-state index < -0.39 is 5.60 Å². The van der Waals surface area contributed by atoms with E-state index in [1.807, 2.05) is 39.5 Å². The van der Waals surface area contributed by atoms with Gasteiger partial charge in [-0.25, -0.2) is 4.79 Å². The summed E-state index contributed by atoms with van der Waals surface area (Å²) in [4.78, 5) is 27.3. The Morgan fingerprint density at radius 3 is 2.24 bits per heavy atom. The third kappa shape index (κ3) is 5.21. The molecule has 1 rings (SSSR count). The van der Waals surface area contributed by atoms with Crippen molar-refractivity contribution in [2.75, 3.05) is 27.2 Å². The highest BCUT2D eigenvalue weighted by atomic mass is 16.6. The lowest BCUT2D eigenvalue weighted by Gasteiger charge is -2.30. The minimum absolute atomic E-state index is 0.202. The number of likely N-dealkylation sites (tertiary alicyclic amines) is 1. The van der Waals surface area contributed by atoms with E-state index >= 15 is 0 Å². The van der Waals surface area contributed by atoms with Gasteiger partial charge in [-0.05, 0) is 32.6 Å². The molecular formula is C16H30N2O3. The zero-order valence-corrected chi connectivity index (χ0v) is 14.5. The first-order valence-corrected chi connectivity index (χ1v) is 7.62. The van der Waals surface area contributed by atoms with Crippen molar-refractivity contribution in [3.63, 3.8) is 0 Å². The second kappa shape index (κ2) is 6.24. The lowest BCUT2D eigenvalue weighted by Crippen LogP contribution is -2.39. The molecular weight excluding hydrogens is 268 g/mol. The molecule has 0 bridgehead atoms. The molecule has 0 aliphatic carbocycles. The van der Waals surface area contributed by atoms with Crippen LogP contribution in [0, 0.1) is 11.3 Å². The van der Waals surface area contributed by atoms with Crippen LogP contribution in [-0.2, 0) is 9.53 Å². The van der Waals surface area contributed by atoms with Crippen molar-refractivity contribution >= 4 is 12.0 Å². The van der Waals surface area contributed by atoms with Gasteiger partial charge in [0, 0.05) is 32.6 Å². The first-order valence-electron chi connectivity index (χ1n) is 7.62. The normalized spacial score (nSPS) is 19.6. The molecule has 5 nitrogen and oxygen atoms in total. The van der Waals surface area contributed by atoms with Crippen molar-refractivity contribution in [3.8, 4) is 0 Å². The van der Waals surface area contributed by atoms with Crippen LogP contribution in [0.5, 0.6) is 0 Å². The minimum Gasteiger partial charge on any atom is -0.443 e. The minimum atomic E-state index is -0.507. The van der Waals surface area contributed by atoms with Crippen molar-refractivity contribution < 1.29 is 14.3 Å². The quantitative estimate of drug-likeness (QED) is 0.805. The van der Waals surface area contributed by atoms with E-state index in [4.69, 9.17) is 4.74 Å². The standard InChI is InChI=1S/C16H30N2O3/c1-15(2,3)13(19)18-9-8-12(11-18)10-16(4,5)21-14(20)17(6)7/h12H,8-11H2,1-7H3. The van der Waals surface area contributed by atoms with E-state index in [0.717, 1.165) is 25.9 Å². The molecule has 0 spiro atoms. The van der Waals surface area contributed by atoms with Crippen LogP contribution in [0.2, 0.25) is 0 Å². The lowest BCUT2D eigenvalue weighted by atomic mass is 9.92. The van der Waals surface area contributed by atoms with Gasteiger partial charge in [0.2, 0.25) is 5.91 Å². The topological polar surface area (TPSA) is 49.9 Å². The maximum absolute atomic E-state index is 12.3. The summed E-state index contributed by atoms with van der Waals surface area (Å²) in [5, 5.41) is 0. The summed E-state index contributed by atoms with van der Waals surface area (Å²) in [6.07, 6.45) is 1.44. The van der Waals surface area contributed by atoms with Gasteiger partial charge < -0.3 is 14.5 Å². The Morgan fingerprint density at radius 1 is 1.19 bits per heavy atom. The number of carbonyl (C=O) groups is 2. The van der Waals surface area contributed by atoms with Crippen molar-refractivity contribution in [2.24, 2.45) is 11.3 Å². The van der Waals surface area contributed by atoms with E-state index in [-0.39, 0.29) is 17.4 Å². The Balaban J connectivity index is 2.54. The number of hydrogen-bond donors (Lipinski definition) is 0. The Kier molecular flexibility index (Phi) is 5.29. The Bertz CT molecular complexity index is 397. The molecule has 0 aromatic heterocycles. The second-order valence-electron chi connectivity index (χ2n) is 7.88. The molecule has 0 aromatic rings. The molecule has 5 heteroatoms. The first kappa shape index (κ1) is 17.8. The van der Waals surface area contributed by atoms with Gasteiger partial charge in [-0.1, -0.05) is 20.8 Å². The van der Waals surface area contributed by atoms with Crippen molar-refractivity contribution in [3.05, 3.63) is 0 Å². The maximum Gasteiger partial charge on any atom is 0.409 e. The fourth-order valence-electron chi connectivity index (χ4n) is 2.72. The number of amides is 2. The fourth-order valence-corrected chi connectivity index (χ4v) is 2.72. The molecule has 1 aliphatic heterocycles. The molecule has 1 atom stereocenters. The van der Waals surface area contributed by atoms with E-state index in [1.165, 1.54) is 4.90 Å². The van der Waals surface area contributed by atoms with Crippen LogP contribution >= 0.6 is 0 Å². The molecule has 1 saturated heterocycles. The molecule has 1 aliphatic rings. The highest BCUT2D eigenvalue weighted by molar-refractivity contribution is 5.81. The Hall–Kier alpha value is -1.26. The van der Waals surface area contributed by atoms with Crippen LogP contribution < -0.4 is 0 Å². The predicted molar refractivity (Wildman–Crippen MR) is 83.0 cm³/mol. The van der Waals surface area contributed by atoms with E-state index in [2.05, 4.69) is 0 Å². The SMILES string of the molecule is CN(C)C(=O)OC(C)(C)CC1CCN(C(=O)C(C)(C)C)C1. The van der Waals surface area contributed by atoms with Crippen LogP contribution in [0.15, 0.2) is 0 Å². The summed E-state index contributed by atoms with van der Waals surface area (Å²) in [6.45, 7) is 11.3. The molecule has 2 amide bonds. The van der Waals surface area contributed by atoms with E-state index in [1.54, 1.807) is 14.1 Å². The highest BCUT2D eigenvalue weighted by Crippen LogP contribution is 2.30. The zero-order valence-electron chi connectivity index (χ0n) is 14.5. The summed E-state index contributed by atoms with van der Waals surface area (Å²) < 4.78 is 5.51.